The maximum absolute atomic E-state index is 11.9. The van der Waals surface area contributed by atoms with E-state index in [4.69, 9.17) is 11.6 Å². The summed E-state index contributed by atoms with van der Waals surface area (Å²) in [6.07, 6.45) is 2.91. The number of aromatic amines is 1. The van der Waals surface area contributed by atoms with Crippen molar-refractivity contribution in [3.8, 4) is 0 Å². The first-order valence-electron chi connectivity index (χ1n) is 6.07. The highest BCUT2D eigenvalue weighted by molar-refractivity contribution is 7.17. The van der Waals surface area contributed by atoms with Crippen LogP contribution in [-0.2, 0) is 6.54 Å². The Hall–Kier alpha value is -2.19. The van der Waals surface area contributed by atoms with E-state index in [0.29, 0.717) is 33.5 Å². The molecule has 0 aliphatic rings. The number of H-pyrrole nitrogens is 1. The van der Waals surface area contributed by atoms with Crippen molar-refractivity contribution >= 4 is 40.0 Å². The summed E-state index contributed by atoms with van der Waals surface area (Å²) in [6, 6.07) is 3.33. The van der Waals surface area contributed by atoms with Crippen LogP contribution in [-0.4, -0.2) is 32.0 Å². The molecule has 0 saturated carbocycles. The van der Waals surface area contributed by atoms with Crippen LogP contribution in [0.4, 0.5) is 0 Å². The summed E-state index contributed by atoms with van der Waals surface area (Å²) in [5.74, 6) is -0.214. The lowest BCUT2D eigenvalue weighted by Crippen LogP contribution is -2.29. The van der Waals surface area contributed by atoms with Gasteiger partial charge in [0.25, 0.3) is 5.91 Å². The third-order valence-corrected chi connectivity index (χ3v) is 4.08. The zero-order valence-electron chi connectivity index (χ0n) is 10.7. The number of halogens is 1. The van der Waals surface area contributed by atoms with E-state index < -0.39 is 0 Å². The van der Waals surface area contributed by atoms with E-state index in [1.165, 1.54) is 28.4 Å². The van der Waals surface area contributed by atoms with Crippen molar-refractivity contribution in [1.82, 2.24) is 24.8 Å². The highest BCUT2D eigenvalue weighted by Gasteiger charge is 2.10. The summed E-state index contributed by atoms with van der Waals surface area (Å²) in [5, 5.41) is 2.74. The Kier molecular flexibility index (Phi) is 3.72. The van der Waals surface area contributed by atoms with Crippen molar-refractivity contribution in [3.63, 3.8) is 0 Å². The first-order chi connectivity index (χ1) is 10.1. The van der Waals surface area contributed by atoms with Crippen LogP contribution in [0.3, 0.4) is 0 Å². The average Bonchev–Trinajstić information content (AvgIpc) is 3.03. The van der Waals surface area contributed by atoms with Gasteiger partial charge in [-0.3, -0.25) is 9.36 Å². The lowest BCUT2D eigenvalue weighted by atomic mass is 10.4. The van der Waals surface area contributed by atoms with E-state index in [1.807, 2.05) is 0 Å². The van der Waals surface area contributed by atoms with Gasteiger partial charge in [0.2, 0.25) is 0 Å². The molecule has 0 aliphatic heterocycles. The first kappa shape index (κ1) is 13.8. The molecule has 0 radical (unpaired) electrons. The molecular weight excluding hydrogens is 314 g/mol. The molecule has 9 heteroatoms. The van der Waals surface area contributed by atoms with Gasteiger partial charge in [0.05, 0.1) is 15.4 Å². The van der Waals surface area contributed by atoms with E-state index in [9.17, 15) is 9.59 Å². The van der Waals surface area contributed by atoms with Crippen LogP contribution < -0.4 is 11.0 Å². The Bertz CT molecular complexity index is 853. The topological polar surface area (TPSA) is 92.7 Å². The van der Waals surface area contributed by atoms with E-state index in [0.717, 1.165) is 0 Å². The number of carbonyl (C=O) groups excluding carboxylic acids is 1. The largest absolute Gasteiger partial charge is 0.350 e. The Balaban J connectivity index is 1.68. The minimum Gasteiger partial charge on any atom is -0.350 e. The van der Waals surface area contributed by atoms with Crippen molar-refractivity contribution in [2.75, 3.05) is 6.54 Å². The molecule has 0 aliphatic carbocycles. The van der Waals surface area contributed by atoms with E-state index in [2.05, 4.69) is 20.3 Å². The monoisotopic (exact) mass is 323 g/mol. The molecule has 0 saturated heterocycles. The van der Waals surface area contributed by atoms with Crippen molar-refractivity contribution < 1.29 is 4.79 Å². The molecule has 0 bridgehead atoms. The molecule has 1 amide bonds. The van der Waals surface area contributed by atoms with Crippen LogP contribution in [0.2, 0.25) is 4.34 Å². The SMILES string of the molecule is O=C(NCCn1c(=O)[nH]c2cncnc21)c1ccc(Cl)s1. The predicted molar refractivity (Wildman–Crippen MR) is 79.8 cm³/mol. The minimum absolute atomic E-state index is 0.214. The van der Waals surface area contributed by atoms with Crippen LogP contribution in [0.5, 0.6) is 0 Å². The molecule has 108 valence electrons. The Morgan fingerprint density at radius 3 is 3.10 bits per heavy atom. The van der Waals surface area contributed by atoms with Crippen LogP contribution in [0.1, 0.15) is 9.67 Å². The van der Waals surface area contributed by atoms with E-state index >= 15 is 0 Å². The van der Waals surface area contributed by atoms with Gasteiger partial charge in [-0.05, 0) is 12.1 Å². The van der Waals surface area contributed by atoms with Gasteiger partial charge in [-0.2, -0.15) is 0 Å². The van der Waals surface area contributed by atoms with Gasteiger partial charge in [0.15, 0.2) is 5.65 Å². The molecule has 3 aromatic rings. The van der Waals surface area contributed by atoms with Gasteiger partial charge >= 0.3 is 5.69 Å². The molecule has 3 heterocycles. The summed E-state index contributed by atoms with van der Waals surface area (Å²) in [4.78, 5) is 34.7. The average molecular weight is 324 g/mol. The summed E-state index contributed by atoms with van der Waals surface area (Å²) in [5.41, 5.74) is 0.807. The number of aromatic nitrogens is 4. The third kappa shape index (κ3) is 2.81. The third-order valence-electron chi connectivity index (χ3n) is 2.85. The van der Waals surface area contributed by atoms with E-state index in [1.54, 1.807) is 12.1 Å². The van der Waals surface area contributed by atoms with Gasteiger partial charge in [-0.15, -0.1) is 11.3 Å². The van der Waals surface area contributed by atoms with Crippen molar-refractivity contribution in [2.45, 2.75) is 6.54 Å². The fraction of sp³-hybridized carbons (Fsp3) is 0.167. The predicted octanol–water partition coefficient (Wildman–Crippen LogP) is 1.26. The number of fused-ring (bicyclic) bond motifs is 1. The lowest BCUT2D eigenvalue weighted by Gasteiger charge is -2.04. The molecule has 7 nitrogen and oxygen atoms in total. The number of hydrogen-bond acceptors (Lipinski definition) is 5. The van der Waals surface area contributed by atoms with Crippen LogP contribution >= 0.6 is 22.9 Å². The zero-order chi connectivity index (χ0) is 14.8. The minimum atomic E-state index is -0.279. The smallest absolute Gasteiger partial charge is 0.327 e. The molecule has 2 N–H and O–H groups in total. The molecule has 3 rings (SSSR count). The van der Waals surface area contributed by atoms with Crippen molar-refractivity contribution in [3.05, 3.63) is 44.4 Å². The van der Waals surface area contributed by atoms with Gasteiger partial charge in [0.1, 0.15) is 11.8 Å². The van der Waals surface area contributed by atoms with Crippen LogP contribution in [0.25, 0.3) is 11.2 Å². The summed E-state index contributed by atoms with van der Waals surface area (Å²) in [7, 11) is 0. The highest BCUT2D eigenvalue weighted by atomic mass is 35.5. The first-order valence-corrected chi connectivity index (χ1v) is 7.26. The quantitative estimate of drug-likeness (QED) is 0.756. The maximum atomic E-state index is 11.9. The number of nitrogens with zero attached hydrogens (tertiary/aromatic N) is 3. The van der Waals surface area contributed by atoms with Gasteiger partial charge in [-0.1, -0.05) is 11.6 Å². The number of imidazole rings is 1. The second-order valence-corrected chi connectivity index (χ2v) is 5.92. The normalized spacial score (nSPS) is 10.9. The molecule has 21 heavy (non-hydrogen) atoms. The lowest BCUT2D eigenvalue weighted by molar-refractivity contribution is 0.0956. The second-order valence-electron chi connectivity index (χ2n) is 4.20. The molecule has 3 aromatic heterocycles. The Morgan fingerprint density at radius 1 is 1.48 bits per heavy atom. The number of amides is 1. The number of carbonyl (C=O) groups is 1. The molecular formula is C12H10ClN5O2S. The van der Waals surface area contributed by atoms with E-state index in [-0.39, 0.29) is 11.6 Å². The van der Waals surface area contributed by atoms with Crippen molar-refractivity contribution in [2.24, 2.45) is 0 Å². The fourth-order valence-corrected chi connectivity index (χ4v) is 2.88. The summed E-state index contributed by atoms with van der Waals surface area (Å²) < 4.78 is 2.02. The molecule has 0 aromatic carbocycles. The van der Waals surface area contributed by atoms with Crippen LogP contribution in [0, 0.1) is 0 Å². The maximum Gasteiger partial charge on any atom is 0.327 e. The van der Waals surface area contributed by atoms with Gasteiger partial charge in [0, 0.05) is 13.1 Å². The highest BCUT2D eigenvalue weighted by Crippen LogP contribution is 2.20. The Labute approximate surface area is 127 Å². The number of rotatable bonds is 4. The summed E-state index contributed by atoms with van der Waals surface area (Å²) in [6.45, 7) is 0.631. The standard InChI is InChI=1S/C12H10ClN5O2S/c13-9-2-1-8(21-9)11(19)15-3-4-18-10-7(17-12(18)20)5-14-6-16-10/h1-2,5-6H,3-4H2,(H,15,19)(H,17,20). The van der Waals surface area contributed by atoms with Gasteiger partial charge < -0.3 is 10.3 Å². The van der Waals surface area contributed by atoms with Crippen molar-refractivity contribution in [1.29, 1.82) is 0 Å². The van der Waals surface area contributed by atoms with Gasteiger partial charge in [-0.25, -0.2) is 14.8 Å². The molecule has 0 fully saturated rings. The summed E-state index contributed by atoms with van der Waals surface area (Å²) >= 11 is 6.99. The fourth-order valence-electron chi connectivity index (χ4n) is 1.92. The zero-order valence-corrected chi connectivity index (χ0v) is 12.2. The second kappa shape index (κ2) is 5.66. The Morgan fingerprint density at radius 2 is 2.33 bits per heavy atom. The molecule has 0 atom stereocenters. The van der Waals surface area contributed by atoms with Crippen LogP contribution in [0.15, 0.2) is 29.5 Å². The molecule has 0 spiro atoms. The number of thiophene rings is 1. The number of hydrogen-bond donors (Lipinski definition) is 2. The molecule has 0 unspecified atom stereocenters. The number of nitrogens with one attached hydrogen (secondary N) is 2.